The molecule has 1 heterocycles. The van der Waals surface area contributed by atoms with E-state index in [1.54, 1.807) is 6.92 Å². The van der Waals surface area contributed by atoms with E-state index in [9.17, 15) is 4.79 Å². The van der Waals surface area contributed by atoms with E-state index in [2.05, 4.69) is 10.3 Å². The lowest BCUT2D eigenvalue weighted by Gasteiger charge is -2.13. The number of thioether (sulfide) groups is 1. The highest BCUT2D eigenvalue weighted by atomic mass is 35.5. The molecule has 0 spiro atoms. The zero-order valence-corrected chi connectivity index (χ0v) is 13.6. The molecule has 1 unspecified atom stereocenters. The summed E-state index contributed by atoms with van der Waals surface area (Å²) >= 11 is 13.1. The van der Waals surface area contributed by atoms with E-state index in [0.29, 0.717) is 21.6 Å². The Kier molecular flexibility index (Phi) is 5.03. The molecule has 0 fully saturated rings. The van der Waals surface area contributed by atoms with Crippen LogP contribution in [0.25, 0.3) is 0 Å². The summed E-state index contributed by atoms with van der Waals surface area (Å²) in [6.07, 6.45) is 1.53. The summed E-state index contributed by atoms with van der Waals surface area (Å²) in [5.74, 6) is -0.258. The maximum atomic E-state index is 12.2. The Bertz CT molecular complexity index is 652. The average molecular weight is 346 g/mol. The van der Waals surface area contributed by atoms with Crippen LogP contribution in [0.2, 0.25) is 10.0 Å². The minimum atomic E-state index is -0.422. The molecule has 112 valence electrons. The van der Waals surface area contributed by atoms with Crippen molar-refractivity contribution in [3.05, 3.63) is 34.1 Å². The number of hydrogen-bond donors (Lipinski definition) is 2. The van der Waals surface area contributed by atoms with Crippen molar-refractivity contribution in [3.63, 3.8) is 0 Å². The first-order chi connectivity index (χ1) is 9.86. The maximum absolute atomic E-state index is 12.2. The maximum Gasteiger partial charge on any atom is 0.256 e. The molecule has 1 aromatic carbocycles. The van der Waals surface area contributed by atoms with Gasteiger partial charge in [-0.2, -0.15) is 0 Å². The van der Waals surface area contributed by atoms with Crippen molar-refractivity contribution >= 4 is 52.2 Å². The van der Waals surface area contributed by atoms with Crippen LogP contribution in [-0.2, 0) is 4.79 Å². The molecule has 5 nitrogen and oxygen atoms in total. The van der Waals surface area contributed by atoms with Crippen LogP contribution in [0.4, 0.5) is 11.4 Å². The largest absolute Gasteiger partial charge is 0.440 e. The number of carbonyl (C=O) groups excluding carboxylic acids is 1. The van der Waals surface area contributed by atoms with Gasteiger partial charge in [0.05, 0.1) is 27.3 Å². The van der Waals surface area contributed by atoms with E-state index >= 15 is 0 Å². The number of carbonyl (C=O) groups is 1. The predicted molar refractivity (Wildman–Crippen MR) is 86.1 cm³/mol. The molecule has 0 bridgehead atoms. The van der Waals surface area contributed by atoms with Crippen LogP contribution in [0, 0.1) is 6.92 Å². The molecule has 0 saturated carbocycles. The lowest BCUT2D eigenvalue weighted by molar-refractivity contribution is -0.115. The van der Waals surface area contributed by atoms with Gasteiger partial charge in [0.2, 0.25) is 5.91 Å². The van der Waals surface area contributed by atoms with E-state index in [1.165, 1.54) is 30.2 Å². The van der Waals surface area contributed by atoms with Crippen LogP contribution in [0.3, 0.4) is 0 Å². The number of nitrogens with two attached hydrogens (primary N) is 1. The SMILES string of the molecule is Cc1coc(SC(C)C(=O)Nc2c(N)cc(Cl)cc2Cl)n1. The number of aryl methyl sites for hydroxylation is 1. The van der Waals surface area contributed by atoms with Gasteiger partial charge in [0.1, 0.15) is 6.26 Å². The third-order valence-electron chi connectivity index (χ3n) is 2.58. The van der Waals surface area contributed by atoms with E-state index in [0.717, 1.165) is 5.69 Å². The monoisotopic (exact) mass is 345 g/mol. The number of amides is 1. The molecule has 0 saturated heterocycles. The van der Waals surface area contributed by atoms with E-state index in [4.69, 9.17) is 33.4 Å². The van der Waals surface area contributed by atoms with Crippen LogP contribution >= 0.6 is 35.0 Å². The smallest absolute Gasteiger partial charge is 0.256 e. The van der Waals surface area contributed by atoms with Crippen molar-refractivity contribution in [2.45, 2.75) is 24.3 Å². The van der Waals surface area contributed by atoms with Crippen molar-refractivity contribution < 1.29 is 9.21 Å². The highest BCUT2D eigenvalue weighted by Gasteiger charge is 2.19. The molecule has 0 radical (unpaired) electrons. The predicted octanol–water partition coefficient (Wildman–Crippen LogP) is 3.99. The third-order valence-corrected chi connectivity index (χ3v) is 4.05. The van der Waals surface area contributed by atoms with Gasteiger partial charge in [0, 0.05) is 5.02 Å². The molecule has 0 aliphatic heterocycles. The van der Waals surface area contributed by atoms with Gasteiger partial charge < -0.3 is 15.5 Å². The number of nitrogens with zero attached hydrogens (tertiary/aromatic N) is 1. The van der Waals surface area contributed by atoms with Gasteiger partial charge in [0.25, 0.3) is 5.22 Å². The van der Waals surface area contributed by atoms with Gasteiger partial charge in [-0.3, -0.25) is 4.79 Å². The minimum absolute atomic E-state index is 0.258. The van der Waals surface area contributed by atoms with Gasteiger partial charge >= 0.3 is 0 Å². The Morgan fingerprint density at radius 3 is 2.76 bits per heavy atom. The minimum Gasteiger partial charge on any atom is -0.440 e. The van der Waals surface area contributed by atoms with Crippen LogP contribution in [0.1, 0.15) is 12.6 Å². The van der Waals surface area contributed by atoms with Gasteiger partial charge in [-0.15, -0.1) is 0 Å². The first-order valence-electron chi connectivity index (χ1n) is 6.01. The lowest BCUT2D eigenvalue weighted by atomic mass is 10.2. The summed E-state index contributed by atoms with van der Waals surface area (Å²) in [6.45, 7) is 3.55. The Hall–Kier alpha value is -1.37. The topological polar surface area (TPSA) is 81.2 Å². The third kappa shape index (κ3) is 4.06. The van der Waals surface area contributed by atoms with Crippen molar-refractivity contribution in [3.8, 4) is 0 Å². The zero-order chi connectivity index (χ0) is 15.6. The van der Waals surface area contributed by atoms with Crippen molar-refractivity contribution in [2.24, 2.45) is 0 Å². The molecule has 0 aliphatic rings. The van der Waals surface area contributed by atoms with Gasteiger partial charge in [-0.25, -0.2) is 4.98 Å². The van der Waals surface area contributed by atoms with Crippen LogP contribution < -0.4 is 11.1 Å². The second-order valence-corrected chi connectivity index (χ2v) is 6.49. The van der Waals surface area contributed by atoms with E-state index in [-0.39, 0.29) is 10.9 Å². The summed E-state index contributed by atoms with van der Waals surface area (Å²) in [5, 5.41) is 3.40. The van der Waals surface area contributed by atoms with Gasteiger partial charge in [-0.05, 0) is 26.0 Å². The van der Waals surface area contributed by atoms with Gasteiger partial charge in [0.15, 0.2) is 0 Å². The van der Waals surface area contributed by atoms with Crippen LogP contribution in [0.15, 0.2) is 28.0 Å². The quantitative estimate of drug-likeness (QED) is 0.646. The molecule has 2 rings (SSSR count). The van der Waals surface area contributed by atoms with E-state index < -0.39 is 5.25 Å². The summed E-state index contributed by atoms with van der Waals surface area (Å²) in [6, 6.07) is 3.04. The van der Waals surface area contributed by atoms with Gasteiger partial charge in [-0.1, -0.05) is 35.0 Å². The van der Waals surface area contributed by atoms with Crippen LogP contribution in [0.5, 0.6) is 0 Å². The number of halogens is 2. The molecule has 1 aromatic heterocycles. The molecule has 1 atom stereocenters. The number of aromatic nitrogens is 1. The number of anilines is 2. The molecule has 2 aromatic rings. The summed E-state index contributed by atoms with van der Waals surface area (Å²) in [5.41, 5.74) is 7.22. The van der Waals surface area contributed by atoms with Crippen molar-refractivity contribution in [1.29, 1.82) is 0 Å². The average Bonchev–Trinajstić information content (AvgIpc) is 2.78. The second kappa shape index (κ2) is 6.60. The Labute approximate surface area is 136 Å². The Morgan fingerprint density at radius 2 is 2.19 bits per heavy atom. The molecule has 3 N–H and O–H groups in total. The molecular weight excluding hydrogens is 333 g/mol. The van der Waals surface area contributed by atoms with E-state index in [1.807, 2.05) is 6.92 Å². The molecular formula is C13H13Cl2N3O2S. The molecule has 0 aliphatic carbocycles. The first kappa shape index (κ1) is 16.0. The number of benzene rings is 1. The standard InChI is InChI=1S/C13H13Cl2N3O2S/c1-6-5-20-13(17-6)21-7(2)12(19)18-11-9(15)3-8(14)4-10(11)16/h3-5,7H,16H2,1-2H3,(H,18,19). The fourth-order valence-corrected chi connectivity index (χ4v) is 2.87. The summed E-state index contributed by atoms with van der Waals surface area (Å²) in [7, 11) is 0. The number of rotatable bonds is 4. The number of oxazole rings is 1. The summed E-state index contributed by atoms with van der Waals surface area (Å²) < 4.78 is 5.20. The van der Waals surface area contributed by atoms with Crippen molar-refractivity contribution in [1.82, 2.24) is 4.98 Å². The fraction of sp³-hybridized carbons (Fsp3) is 0.231. The highest BCUT2D eigenvalue weighted by molar-refractivity contribution is 8.00. The highest BCUT2D eigenvalue weighted by Crippen LogP contribution is 2.33. The molecule has 21 heavy (non-hydrogen) atoms. The Balaban J connectivity index is 2.07. The van der Waals surface area contributed by atoms with Crippen LogP contribution in [-0.4, -0.2) is 16.1 Å². The number of nitrogen functional groups attached to an aromatic ring is 1. The summed E-state index contributed by atoms with van der Waals surface area (Å²) in [4.78, 5) is 16.3. The zero-order valence-electron chi connectivity index (χ0n) is 11.3. The fourth-order valence-electron chi connectivity index (χ4n) is 1.54. The van der Waals surface area contributed by atoms with Crippen molar-refractivity contribution in [2.75, 3.05) is 11.1 Å². The Morgan fingerprint density at radius 1 is 1.48 bits per heavy atom. The first-order valence-corrected chi connectivity index (χ1v) is 7.64. The number of hydrogen-bond acceptors (Lipinski definition) is 5. The normalized spacial score (nSPS) is 12.2. The molecule has 8 heteroatoms. The lowest BCUT2D eigenvalue weighted by Crippen LogP contribution is -2.23. The molecule has 1 amide bonds. The second-order valence-electron chi connectivity index (χ2n) is 4.36. The number of nitrogens with one attached hydrogen (secondary N) is 1.